The average molecular weight is 307 g/mol. The molecule has 8 heteroatoms. The molecular formula is C13H17N5O2S. The predicted octanol–water partition coefficient (Wildman–Crippen LogP) is 2.22. The zero-order chi connectivity index (χ0) is 14.7. The van der Waals surface area contributed by atoms with Crippen LogP contribution in [0.5, 0.6) is 0 Å². The molecule has 0 spiro atoms. The minimum absolute atomic E-state index is 0.322. The summed E-state index contributed by atoms with van der Waals surface area (Å²) in [7, 11) is 0. The van der Waals surface area contributed by atoms with Crippen LogP contribution in [-0.4, -0.2) is 36.3 Å². The molecule has 1 N–H and O–H groups in total. The SMILES string of the molecule is O=C(O)C1(Cn2nnnc2-c2cncs2)CCCCCC1. The van der Waals surface area contributed by atoms with Gasteiger partial charge in [0, 0.05) is 6.20 Å². The van der Waals surface area contributed by atoms with Gasteiger partial charge in [0.05, 0.1) is 22.3 Å². The second-order valence-corrected chi connectivity index (χ2v) is 6.41. The minimum atomic E-state index is -0.759. The number of rotatable bonds is 4. The first kappa shape index (κ1) is 14.1. The summed E-state index contributed by atoms with van der Waals surface area (Å²) in [5.41, 5.74) is 0.957. The van der Waals surface area contributed by atoms with Crippen molar-refractivity contribution in [3.63, 3.8) is 0 Å². The first-order valence-corrected chi connectivity index (χ1v) is 7.98. The van der Waals surface area contributed by atoms with Gasteiger partial charge in [-0.1, -0.05) is 25.7 Å². The Labute approximate surface area is 126 Å². The molecule has 21 heavy (non-hydrogen) atoms. The predicted molar refractivity (Wildman–Crippen MR) is 76.7 cm³/mol. The summed E-state index contributed by atoms with van der Waals surface area (Å²) in [6, 6.07) is 0. The number of hydrogen-bond acceptors (Lipinski definition) is 6. The molecule has 0 amide bonds. The third-order valence-electron chi connectivity index (χ3n) is 4.15. The van der Waals surface area contributed by atoms with Crippen LogP contribution in [0.4, 0.5) is 0 Å². The standard InChI is InChI=1S/C13H17N5O2S/c19-12(20)13(5-3-1-2-4-6-13)8-18-11(15-16-17-18)10-7-14-9-21-10/h7,9H,1-6,8H2,(H,19,20). The maximum atomic E-state index is 11.9. The fourth-order valence-electron chi connectivity index (χ4n) is 2.95. The lowest BCUT2D eigenvalue weighted by Crippen LogP contribution is -2.35. The van der Waals surface area contributed by atoms with E-state index in [4.69, 9.17) is 0 Å². The highest BCUT2D eigenvalue weighted by molar-refractivity contribution is 7.13. The third kappa shape index (κ3) is 2.80. The highest BCUT2D eigenvalue weighted by Gasteiger charge is 2.40. The first-order chi connectivity index (χ1) is 10.2. The monoisotopic (exact) mass is 307 g/mol. The van der Waals surface area contributed by atoms with Crippen LogP contribution in [0.1, 0.15) is 38.5 Å². The molecule has 2 heterocycles. The van der Waals surface area contributed by atoms with Crippen LogP contribution >= 0.6 is 11.3 Å². The van der Waals surface area contributed by atoms with Crippen LogP contribution in [0, 0.1) is 5.41 Å². The molecule has 1 saturated carbocycles. The highest BCUT2D eigenvalue weighted by atomic mass is 32.1. The topological polar surface area (TPSA) is 93.8 Å². The maximum Gasteiger partial charge on any atom is 0.311 e. The van der Waals surface area contributed by atoms with E-state index in [0.717, 1.165) is 30.6 Å². The van der Waals surface area contributed by atoms with Gasteiger partial charge in [0.25, 0.3) is 0 Å². The number of nitrogens with zero attached hydrogens (tertiary/aromatic N) is 5. The van der Waals surface area contributed by atoms with E-state index in [0.29, 0.717) is 25.2 Å². The van der Waals surface area contributed by atoms with Gasteiger partial charge in [-0.2, -0.15) is 0 Å². The zero-order valence-electron chi connectivity index (χ0n) is 11.6. The van der Waals surface area contributed by atoms with E-state index in [1.165, 1.54) is 11.3 Å². The molecule has 0 radical (unpaired) electrons. The van der Waals surface area contributed by atoms with Crippen LogP contribution in [0.2, 0.25) is 0 Å². The molecule has 1 aliphatic rings. The summed E-state index contributed by atoms with van der Waals surface area (Å²) >= 11 is 1.45. The average Bonchev–Trinajstić information content (AvgIpc) is 3.07. The molecule has 2 aromatic heterocycles. The van der Waals surface area contributed by atoms with Gasteiger partial charge in [-0.15, -0.1) is 16.4 Å². The highest BCUT2D eigenvalue weighted by Crippen LogP contribution is 2.37. The van der Waals surface area contributed by atoms with Crippen LogP contribution in [0.15, 0.2) is 11.7 Å². The lowest BCUT2D eigenvalue weighted by molar-refractivity contribution is -0.151. The number of carboxylic acids is 1. The Bertz CT molecular complexity index is 602. The molecule has 0 aromatic carbocycles. The van der Waals surface area contributed by atoms with Crippen molar-refractivity contribution < 1.29 is 9.90 Å². The van der Waals surface area contributed by atoms with Gasteiger partial charge in [-0.05, 0) is 23.3 Å². The van der Waals surface area contributed by atoms with E-state index in [1.807, 2.05) is 0 Å². The van der Waals surface area contributed by atoms with E-state index in [2.05, 4.69) is 20.5 Å². The van der Waals surface area contributed by atoms with Crippen molar-refractivity contribution in [1.82, 2.24) is 25.2 Å². The number of tetrazole rings is 1. The Morgan fingerprint density at radius 3 is 2.71 bits per heavy atom. The lowest BCUT2D eigenvalue weighted by Gasteiger charge is -2.27. The fourth-order valence-corrected chi connectivity index (χ4v) is 3.55. The van der Waals surface area contributed by atoms with Crippen LogP contribution in [0.25, 0.3) is 10.7 Å². The van der Waals surface area contributed by atoms with E-state index in [1.54, 1.807) is 16.4 Å². The molecule has 1 fully saturated rings. The van der Waals surface area contributed by atoms with Crippen molar-refractivity contribution in [3.05, 3.63) is 11.7 Å². The van der Waals surface area contributed by atoms with Gasteiger partial charge in [0.1, 0.15) is 0 Å². The number of aliphatic carboxylic acids is 1. The summed E-state index contributed by atoms with van der Waals surface area (Å²) in [5.74, 6) is -0.141. The van der Waals surface area contributed by atoms with Crippen LogP contribution < -0.4 is 0 Å². The molecule has 112 valence electrons. The van der Waals surface area contributed by atoms with Crippen molar-refractivity contribution in [2.45, 2.75) is 45.1 Å². The molecule has 2 aromatic rings. The maximum absolute atomic E-state index is 11.9. The Morgan fingerprint density at radius 1 is 1.33 bits per heavy atom. The van der Waals surface area contributed by atoms with Gasteiger partial charge in [-0.3, -0.25) is 9.78 Å². The van der Waals surface area contributed by atoms with Gasteiger partial charge >= 0.3 is 5.97 Å². The first-order valence-electron chi connectivity index (χ1n) is 7.10. The van der Waals surface area contributed by atoms with Gasteiger partial charge in [0.15, 0.2) is 5.82 Å². The van der Waals surface area contributed by atoms with Gasteiger partial charge in [-0.25, -0.2) is 4.68 Å². The molecule has 0 atom stereocenters. The number of carbonyl (C=O) groups is 1. The summed E-state index contributed by atoms with van der Waals surface area (Å²) < 4.78 is 1.62. The largest absolute Gasteiger partial charge is 0.481 e. The second-order valence-electron chi connectivity index (χ2n) is 5.53. The molecule has 0 unspecified atom stereocenters. The van der Waals surface area contributed by atoms with Crippen LogP contribution in [0.3, 0.4) is 0 Å². The molecule has 0 saturated heterocycles. The fraction of sp³-hybridized carbons (Fsp3) is 0.615. The smallest absolute Gasteiger partial charge is 0.311 e. The van der Waals surface area contributed by atoms with Crippen molar-refractivity contribution in [1.29, 1.82) is 0 Å². The van der Waals surface area contributed by atoms with E-state index in [9.17, 15) is 9.90 Å². The molecule has 0 aliphatic heterocycles. The molecule has 0 bridgehead atoms. The minimum Gasteiger partial charge on any atom is -0.481 e. The summed E-state index contributed by atoms with van der Waals surface area (Å²) in [6.45, 7) is 0.322. The van der Waals surface area contributed by atoms with Crippen molar-refractivity contribution >= 4 is 17.3 Å². The number of carboxylic acid groups (broad SMARTS) is 1. The normalized spacial score (nSPS) is 18.3. The summed E-state index contributed by atoms with van der Waals surface area (Å²) in [4.78, 5) is 16.7. The Balaban J connectivity index is 1.90. The lowest BCUT2D eigenvalue weighted by atomic mass is 9.80. The zero-order valence-corrected chi connectivity index (χ0v) is 12.4. The van der Waals surface area contributed by atoms with Crippen LogP contribution in [-0.2, 0) is 11.3 Å². The van der Waals surface area contributed by atoms with E-state index in [-0.39, 0.29) is 0 Å². The van der Waals surface area contributed by atoms with E-state index >= 15 is 0 Å². The third-order valence-corrected chi connectivity index (χ3v) is 4.92. The molecular weight excluding hydrogens is 290 g/mol. The number of thiazole rings is 1. The molecule has 3 rings (SSSR count). The van der Waals surface area contributed by atoms with Crippen molar-refractivity contribution in [3.8, 4) is 10.7 Å². The number of aromatic nitrogens is 5. The van der Waals surface area contributed by atoms with Crippen molar-refractivity contribution in [2.24, 2.45) is 5.41 Å². The Morgan fingerprint density at radius 2 is 2.10 bits per heavy atom. The quantitative estimate of drug-likeness (QED) is 0.870. The Hall–Kier alpha value is -1.83. The van der Waals surface area contributed by atoms with E-state index < -0.39 is 11.4 Å². The number of hydrogen-bond donors (Lipinski definition) is 1. The summed E-state index contributed by atoms with van der Waals surface area (Å²) in [5, 5.41) is 21.5. The van der Waals surface area contributed by atoms with Crippen molar-refractivity contribution in [2.75, 3.05) is 0 Å². The van der Waals surface area contributed by atoms with Gasteiger partial charge in [0.2, 0.25) is 0 Å². The van der Waals surface area contributed by atoms with Gasteiger partial charge < -0.3 is 5.11 Å². The second kappa shape index (κ2) is 5.88. The molecule has 1 aliphatic carbocycles. The molecule has 7 nitrogen and oxygen atoms in total. The Kier molecular flexibility index (Phi) is 3.96. The summed E-state index contributed by atoms with van der Waals surface area (Å²) in [6.07, 6.45) is 7.18.